The molecule has 1 aliphatic heterocycles. The monoisotopic (exact) mass is 333 g/mol. The molecule has 1 aliphatic rings. The molecule has 0 radical (unpaired) electrons. The van der Waals surface area contributed by atoms with Crippen molar-refractivity contribution in [1.29, 1.82) is 0 Å². The van der Waals surface area contributed by atoms with Crippen molar-refractivity contribution in [1.82, 2.24) is 5.32 Å². The molecular weight excluding hydrogens is 322 g/mol. The molecule has 0 bridgehead atoms. The minimum absolute atomic E-state index is 0.489. The molecule has 1 N–H and O–H groups in total. The van der Waals surface area contributed by atoms with Crippen LogP contribution in [0.1, 0.15) is 24.4 Å². The van der Waals surface area contributed by atoms with Crippen LogP contribution in [0.25, 0.3) is 0 Å². The molecular formula is C11H13Br2NO. The highest BCUT2D eigenvalue weighted by atomic mass is 79.9. The average Bonchev–Trinajstić information content (AvgIpc) is 2.69. The zero-order valence-corrected chi connectivity index (χ0v) is 11.7. The second-order valence-electron chi connectivity index (χ2n) is 3.67. The van der Waals surface area contributed by atoms with Crippen molar-refractivity contribution in [3.63, 3.8) is 0 Å². The third kappa shape index (κ3) is 2.37. The summed E-state index contributed by atoms with van der Waals surface area (Å²) in [6.45, 7) is 1.12. The summed E-state index contributed by atoms with van der Waals surface area (Å²) >= 11 is 7.04. The molecule has 0 amide bonds. The van der Waals surface area contributed by atoms with E-state index < -0.39 is 0 Å². The number of ether oxygens (including phenoxy) is 1. The Hall–Kier alpha value is -0.0600. The van der Waals surface area contributed by atoms with Crippen molar-refractivity contribution in [3.05, 3.63) is 26.6 Å². The van der Waals surface area contributed by atoms with E-state index in [1.165, 1.54) is 18.4 Å². The molecule has 4 heteroatoms. The van der Waals surface area contributed by atoms with E-state index in [-0.39, 0.29) is 0 Å². The van der Waals surface area contributed by atoms with E-state index in [4.69, 9.17) is 4.74 Å². The summed E-state index contributed by atoms with van der Waals surface area (Å²) in [5, 5.41) is 3.48. The molecule has 0 aliphatic carbocycles. The van der Waals surface area contributed by atoms with Gasteiger partial charge in [-0.15, -0.1) is 0 Å². The lowest BCUT2D eigenvalue weighted by Crippen LogP contribution is -2.12. The minimum Gasteiger partial charge on any atom is -0.494 e. The van der Waals surface area contributed by atoms with E-state index in [0.717, 1.165) is 21.2 Å². The van der Waals surface area contributed by atoms with Gasteiger partial charge in [-0.3, -0.25) is 0 Å². The van der Waals surface area contributed by atoms with Gasteiger partial charge in [-0.25, -0.2) is 0 Å². The largest absolute Gasteiger partial charge is 0.494 e. The Bertz CT molecular complexity index is 339. The molecule has 2 rings (SSSR count). The highest BCUT2D eigenvalue weighted by Gasteiger charge is 2.18. The van der Waals surface area contributed by atoms with Crippen LogP contribution in [0.2, 0.25) is 0 Å². The molecule has 82 valence electrons. The molecule has 15 heavy (non-hydrogen) atoms. The van der Waals surface area contributed by atoms with Gasteiger partial charge in [0, 0.05) is 6.04 Å². The molecule has 1 saturated heterocycles. The van der Waals surface area contributed by atoms with Crippen molar-refractivity contribution in [2.75, 3.05) is 13.7 Å². The van der Waals surface area contributed by atoms with Crippen LogP contribution in [0.15, 0.2) is 21.1 Å². The van der Waals surface area contributed by atoms with Gasteiger partial charge in [-0.05, 0) is 68.9 Å². The Kier molecular flexibility index (Phi) is 3.69. The summed E-state index contributed by atoms with van der Waals surface area (Å²) in [5.41, 5.74) is 1.31. The van der Waals surface area contributed by atoms with Crippen molar-refractivity contribution < 1.29 is 4.74 Å². The Morgan fingerprint density at radius 2 is 2.00 bits per heavy atom. The molecule has 0 unspecified atom stereocenters. The predicted octanol–water partition coefficient (Wildman–Crippen LogP) is 3.64. The molecule has 2 nitrogen and oxygen atoms in total. The second kappa shape index (κ2) is 4.85. The molecule has 0 saturated carbocycles. The summed E-state index contributed by atoms with van der Waals surface area (Å²) in [5.74, 6) is 0.858. The Labute approximate surface area is 107 Å². The van der Waals surface area contributed by atoms with Gasteiger partial charge in [0.05, 0.1) is 16.1 Å². The van der Waals surface area contributed by atoms with Gasteiger partial charge in [0.2, 0.25) is 0 Å². The van der Waals surface area contributed by atoms with Crippen LogP contribution in [-0.4, -0.2) is 13.7 Å². The lowest BCUT2D eigenvalue weighted by Gasteiger charge is -2.14. The first kappa shape index (κ1) is 11.4. The maximum absolute atomic E-state index is 5.28. The maximum Gasteiger partial charge on any atom is 0.147 e. The second-order valence-corrected chi connectivity index (χ2v) is 5.38. The van der Waals surface area contributed by atoms with E-state index in [1.54, 1.807) is 7.11 Å². The third-order valence-electron chi connectivity index (χ3n) is 2.69. The van der Waals surface area contributed by atoms with E-state index in [0.29, 0.717) is 6.04 Å². The van der Waals surface area contributed by atoms with Gasteiger partial charge in [0.15, 0.2) is 0 Å². The van der Waals surface area contributed by atoms with Crippen molar-refractivity contribution in [3.8, 4) is 5.75 Å². The SMILES string of the molecule is COc1c(Br)cc([C@H]2CCCN2)cc1Br. The fourth-order valence-corrected chi connectivity index (χ4v) is 3.49. The molecule has 1 atom stereocenters. The van der Waals surface area contributed by atoms with Crippen molar-refractivity contribution >= 4 is 31.9 Å². The zero-order chi connectivity index (χ0) is 10.8. The fourth-order valence-electron chi connectivity index (χ4n) is 1.94. The van der Waals surface area contributed by atoms with Crippen LogP contribution in [0, 0.1) is 0 Å². The van der Waals surface area contributed by atoms with E-state index in [2.05, 4.69) is 49.3 Å². The summed E-state index contributed by atoms with van der Waals surface area (Å²) < 4.78 is 7.28. The highest BCUT2D eigenvalue weighted by molar-refractivity contribution is 9.11. The van der Waals surface area contributed by atoms with Crippen LogP contribution < -0.4 is 10.1 Å². The standard InChI is InChI=1S/C11H13Br2NO/c1-15-11-8(12)5-7(6-9(11)13)10-3-2-4-14-10/h5-6,10,14H,2-4H2,1H3/t10-/m1/s1. The van der Waals surface area contributed by atoms with E-state index >= 15 is 0 Å². The smallest absolute Gasteiger partial charge is 0.147 e. The first-order valence-corrected chi connectivity index (χ1v) is 6.57. The average molecular weight is 335 g/mol. The molecule has 1 heterocycles. The third-order valence-corrected chi connectivity index (χ3v) is 3.87. The highest BCUT2D eigenvalue weighted by Crippen LogP contribution is 2.37. The molecule has 1 fully saturated rings. The van der Waals surface area contributed by atoms with Crippen molar-refractivity contribution in [2.24, 2.45) is 0 Å². The number of halogens is 2. The molecule has 0 aromatic heterocycles. The minimum atomic E-state index is 0.489. The lowest BCUT2D eigenvalue weighted by atomic mass is 10.1. The normalized spacial score (nSPS) is 20.6. The first-order chi connectivity index (χ1) is 7.22. The summed E-state index contributed by atoms with van der Waals surface area (Å²) in [4.78, 5) is 0. The molecule has 0 spiro atoms. The van der Waals surface area contributed by atoms with Gasteiger partial charge in [0.25, 0.3) is 0 Å². The van der Waals surface area contributed by atoms with Gasteiger partial charge in [-0.1, -0.05) is 0 Å². The van der Waals surface area contributed by atoms with Gasteiger partial charge in [-0.2, -0.15) is 0 Å². The van der Waals surface area contributed by atoms with Crippen LogP contribution in [0.4, 0.5) is 0 Å². The molecule has 1 aromatic carbocycles. The van der Waals surface area contributed by atoms with E-state index in [9.17, 15) is 0 Å². The number of benzene rings is 1. The zero-order valence-electron chi connectivity index (χ0n) is 8.52. The predicted molar refractivity (Wildman–Crippen MR) is 68.4 cm³/mol. The van der Waals surface area contributed by atoms with Crippen LogP contribution >= 0.6 is 31.9 Å². The summed E-state index contributed by atoms with van der Waals surface area (Å²) in [7, 11) is 1.68. The van der Waals surface area contributed by atoms with Gasteiger partial charge < -0.3 is 10.1 Å². The quantitative estimate of drug-likeness (QED) is 0.891. The topological polar surface area (TPSA) is 21.3 Å². The number of hydrogen-bond donors (Lipinski definition) is 1. The number of rotatable bonds is 2. The summed E-state index contributed by atoms with van der Waals surface area (Å²) in [6, 6.07) is 4.75. The van der Waals surface area contributed by atoms with Crippen molar-refractivity contribution in [2.45, 2.75) is 18.9 Å². The summed E-state index contributed by atoms with van der Waals surface area (Å²) in [6.07, 6.45) is 2.47. The van der Waals surface area contributed by atoms with Gasteiger partial charge >= 0.3 is 0 Å². The van der Waals surface area contributed by atoms with Crippen LogP contribution in [-0.2, 0) is 0 Å². The number of nitrogens with one attached hydrogen (secondary N) is 1. The van der Waals surface area contributed by atoms with E-state index in [1.807, 2.05) is 0 Å². The Morgan fingerprint density at radius 3 is 2.47 bits per heavy atom. The van der Waals surface area contributed by atoms with Crippen LogP contribution in [0.3, 0.4) is 0 Å². The Morgan fingerprint density at radius 1 is 1.33 bits per heavy atom. The van der Waals surface area contributed by atoms with Gasteiger partial charge in [0.1, 0.15) is 5.75 Å². The first-order valence-electron chi connectivity index (χ1n) is 4.98. The lowest BCUT2D eigenvalue weighted by molar-refractivity contribution is 0.409. The molecule has 1 aromatic rings. The fraction of sp³-hybridized carbons (Fsp3) is 0.455. The van der Waals surface area contributed by atoms with Crippen LogP contribution in [0.5, 0.6) is 5.75 Å². The maximum atomic E-state index is 5.28. The number of methoxy groups -OCH3 is 1. The number of hydrogen-bond acceptors (Lipinski definition) is 2. The Balaban J connectivity index is 2.33.